The fourth-order valence-electron chi connectivity index (χ4n) is 3.88. The van der Waals surface area contributed by atoms with Crippen LogP contribution in [0, 0.1) is 12.8 Å². The lowest BCUT2D eigenvalue weighted by Crippen LogP contribution is -2.61. The summed E-state index contributed by atoms with van der Waals surface area (Å²) in [6.07, 6.45) is 2.68. The zero-order valence-electron chi connectivity index (χ0n) is 14.0. The molecule has 0 radical (unpaired) electrons. The van der Waals surface area contributed by atoms with Crippen LogP contribution in [-0.4, -0.2) is 49.7 Å². The average molecular weight is 377 g/mol. The first kappa shape index (κ1) is 16.7. The van der Waals surface area contributed by atoms with E-state index in [0.717, 1.165) is 15.4 Å². The maximum atomic E-state index is 12.3. The molecule has 9 nitrogen and oxygen atoms in total. The number of β-lactam (4-membered cyclic amide) rings is 1. The van der Waals surface area contributed by atoms with Gasteiger partial charge >= 0.3 is 12.0 Å². The fourth-order valence-corrected chi connectivity index (χ4v) is 5.09. The highest BCUT2D eigenvalue weighted by Crippen LogP contribution is 2.48. The van der Waals surface area contributed by atoms with Gasteiger partial charge in [-0.05, 0) is 20.3 Å². The predicted molar refractivity (Wildman–Crippen MR) is 90.2 cm³/mol. The molecule has 2 amide bonds. The minimum atomic E-state index is -1.16. The number of carboxylic acid groups (broad SMARTS) is 1. The highest BCUT2D eigenvalue weighted by Gasteiger charge is 2.57. The molecule has 3 atom stereocenters. The van der Waals surface area contributed by atoms with Crippen LogP contribution in [-0.2, 0) is 9.59 Å². The van der Waals surface area contributed by atoms with Crippen molar-refractivity contribution in [2.45, 2.75) is 32.4 Å². The Kier molecular flexibility index (Phi) is 3.47. The SMILES string of the molecule is Cc1c(C2=C(C(=O)O)N3C(=O)[C@H]([C@@H](C)O)[C@H]3C2)sc2cn(C(N)=O)c[n+]12. The first-order valence-electron chi connectivity index (χ1n) is 8.03. The van der Waals surface area contributed by atoms with Crippen LogP contribution in [0.2, 0.25) is 0 Å². The number of primary amides is 1. The van der Waals surface area contributed by atoms with Gasteiger partial charge in [-0.3, -0.25) is 4.79 Å². The molecule has 0 spiro atoms. The first-order valence-corrected chi connectivity index (χ1v) is 8.84. The Morgan fingerprint density at radius 3 is 2.69 bits per heavy atom. The Morgan fingerprint density at radius 2 is 2.15 bits per heavy atom. The van der Waals surface area contributed by atoms with Gasteiger partial charge < -0.3 is 20.8 Å². The monoisotopic (exact) mass is 377 g/mol. The lowest BCUT2D eigenvalue weighted by atomic mass is 9.83. The summed E-state index contributed by atoms with van der Waals surface area (Å²) in [6, 6.07) is -0.942. The first-order chi connectivity index (χ1) is 12.2. The molecule has 10 heteroatoms. The molecule has 2 aliphatic heterocycles. The van der Waals surface area contributed by atoms with Crippen LogP contribution in [0.1, 0.15) is 23.9 Å². The number of imidazole rings is 1. The molecule has 0 aromatic carbocycles. The molecular formula is C16H17N4O5S+. The smallest absolute Gasteiger partial charge is 0.410 e. The van der Waals surface area contributed by atoms with Gasteiger partial charge in [0.15, 0.2) is 6.20 Å². The largest absolute Gasteiger partial charge is 0.477 e. The van der Waals surface area contributed by atoms with E-state index >= 15 is 0 Å². The van der Waals surface area contributed by atoms with Crippen molar-refractivity contribution in [1.82, 2.24) is 9.47 Å². The van der Waals surface area contributed by atoms with Crippen LogP contribution >= 0.6 is 11.3 Å². The molecule has 2 aromatic rings. The summed E-state index contributed by atoms with van der Waals surface area (Å²) in [7, 11) is 0. The van der Waals surface area contributed by atoms with Crippen molar-refractivity contribution in [2.75, 3.05) is 0 Å². The van der Waals surface area contributed by atoms with E-state index in [-0.39, 0.29) is 17.6 Å². The molecule has 2 aliphatic rings. The highest BCUT2D eigenvalue weighted by molar-refractivity contribution is 7.18. The Labute approximate surface area is 151 Å². The summed E-state index contributed by atoms with van der Waals surface area (Å²) in [5.41, 5.74) is 6.60. The highest BCUT2D eigenvalue weighted by atomic mass is 32.1. The summed E-state index contributed by atoms with van der Waals surface area (Å²) >= 11 is 1.34. The van der Waals surface area contributed by atoms with Gasteiger partial charge in [0.05, 0.1) is 22.9 Å². The van der Waals surface area contributed by atoms with E-state index in [4.69, 9.17) is 5.73 Å². The molecule has 0 unspecified atom stereocenters. The van der Waals surface area contributed by atoms with E-state index in [0.29, 0.717) is 12.0 Å². The number of fused-ring (bicyclic) bond motifs is 2. The summed E-state index contributed by atoms with van der Waals surface area (Å²) in [6.45, 7) is 3.36. The second kappa shape index (κ2) is 5.39. The number of aryl methyl sites for hydroxylation is 1. The third kappa shape index (κ3) is 2.05. The Hall–Kier alpha value is -2.72. The number of hydrogen-bond acceptors (Lipinski definition) is 5. The number of carbonyl (C=O) groups is 3. The molecule has 0 aliphatic carbocycles. The number of hydrogen-bond donors (Lipinski definition) is 3. The van der Waals surface area contributed by atoms with E-state index in [1.54, 1.807) is 23.8 Å². The molecule has 0 bridgehead atoms. The van der Waals surface area contributed by atoms with Gasteiger partial charge in [-0.25, -0.2) is 9.59 Å². The molecular weight excluding hydrogens is 360 g/mol. The van der Waals surface area contributed by atoms with Gasteiger partial charge in [0.1, 0.15) is 11.4 Å². The zero-order chi connectivity index (χ0) is 18.9. The van der Waals surface area contributed by atoms with E-state index in [9.17, 15) is 24.6 Å². The molecule has 4 rings (SSSR count). The Balaban J connectivity index is 1.82. The minimum Gasteiger partial charge on any atom is -0.477 e. The molecule has 4 N–H and O–H groups in total. The van der Waals surface area contributed by atoms with Crippen molar-refractivity contribution >= 4 is 39.6 Å². The Morgan fingerprint density at radius 1 is 1.46 bits per heavy atom. The maximum absolute atomic E-state index is 12.3. The van der Waals surface area contributed by atoms with Crippen LogP contribution in [0.5, 0.6) is 0 Å². The van der Waals surface area contributed by atoms with E-state index in [1.165, 1.54) is 20.8 Å². The standard InChI is InChI=1S/C16H16N4O5S/c1-6-13(26-10-4-18(16(17)25)5-19(6)10)8-3-9-11(7(2)21)14(22)20(9)12(8)15(23)24/h4-5,7,9,11,21H,3H2,1-2H3,(H2-,17,23,24,25)/p+1/t7-,9-,11-/m1/s1. The topological polar surface area (TPSA) is 130 Å². The lowest BCUT2D eigenvalue weighted by Gasteiger charge is -2.44. The Bertz CT molecular complexity index is 1020. The van der Waals surface area contributed by atoms with Gasteiger partial charge in [0.25, 0.3) is 6.33 Å². The number of rotatable bonds is 3. The van der Waals surface area contributed by atoms with Crippen LogP contribution in [0.3, 0.4) is 0 Å². The van der Waals surface area contributed by atoms with Gasteiger partial charge in [-0.2, -0.15) is 8.97 Å². The van der Waals surface area contributed by atoms with E-state index < -0.39 is 24.0 Å². The van der Waals surface area contributed by atoms with Gasteiger partial charge in [-0.1, -0.05) is 11.3 Å². The second-order valence-electron chi connectivity index (χ2n) is 6.59. The number of nitrogens with zero attached hydrogens (tertiary/aromatic N) is 3. The van der Waals surface area contributed by atoms with Crippen molar-refractivity contribution in [3.05, 3.63) is 28.8 Å². The zero-order valence-corrected chi connectivity index (χ0v) is 14.9. The van der Waals surface area contributed by atoms with Crippen LogP contribution in [0.15, 0.2) is 18.2 Å². The normalized spacial score (nSPS) is 23.3. The number of aliphatic hydroxyl groups is 1. The lowest BCUT2D eigenvalue weighted by molar-refractivity contribution is -0.515. The number of amides is 2. The molecule has 4 heterocycles. The molecule has 1 fully saturated rings. The third-order valence-corrected chi connectivity index (χ3v) is 6.34. The molecule has 0 saturated carbocycles. The summed E-state index contributed by atoms with van der Waals surface area (Å²) in [4.78, 5) is 38.2. The summed E-state index contributed by atoms with van der Waals surface area (Å²) < 4.78 is 3.02. The second-order valence-corrected chi connectivity index (χ2v) is 7.62. The van der Waals surface area contributed by atoms with Crippen molar-refractivity contribution in [3.63, 3.8) is 0 Å². The molecule has 136 valence electrons. The van der Waals surface area contributed by atoms with Crippen molar-refractivity contribution in [1.29, 1.82) is 0 Å². The maximum Gasteiger partial charge on any atom is 0.410 e. The molecule has 2 aromatic heterocycles. The fraction of sp³-hybridized carbons (Fsp3) is 0.375. The number of carbonyl (C=O) groups excluding carboxylic acids is 2. The van der Waals surface area contributed by atoms with Crippen molar-refractivity contribution in [3.8, 4) is 0 Å². The summed E-state index contributed by atoms with van der Waals surface area (Å²) in [5, 5.41) is 19.5. The average Bonchev–Trinajstić information content (AvgIpc) is 3.17. The number of thiazole rings is 1. The van der Waals surface area contributed by atoms with Gasteiger partial charge in [0, 0.05) is 5.57 Å². The van der Waals surface area contributed by atoms with Crippen LogP contribution in [0.4, 0.5) is 4.79 Å². The number of aromatic nitrogens is 2. The molecule has 1 saturated heterocycles. The van der Waals surface area contributed by atoms with Crippen LogP contribution in [0.25, 0.3) is 10.4 Å². The number of aliphatic carboxylic acids is 1. The van der Waals surface area contributed by atoms with Crippen molar-refractivity contribution < 1.29 is 29.0 Å². The van der Waals surface area contributed by atoms with Crippen LogP contribution < -0.4 is 10.1 Å². The molecule has 26 heavy (non-hydrogen) atoms. The summed E-state index contributed by atoms with van der Waals surface area (Å²) in [5.74, 6) is -2.10. The predicted octanol–water partition coefficient (Wildman–Crippen LogP) is -0.0693. The quantitative estimate of drug-likeness (QED) is 0.509. The third-order valence-electron chi connectivity index (χ3n) is 5.08. The number of aliphatic hydroxyl groups excluding tert-OH is 1. The number of nitrogens with two attached hydrogens (primary N) is 1. The van der Waals surface area contributed by atoms with E-state index in [1.807, 2.05) is 6.92 Å². The van der Waals surface area contributed by atoms with Gasteiger partial charge in [0.2, 0.25) is 10.7 Å². The van der Waals surface area contributed by atoms with E-state index in [2.05, 4.69) is 0 Å². The van der Waals surface area contributed by atoms with Crippen molar-refractivity contribution in [2.24, 2.45) is 11.7 Å². The van der Waals surface area contributed by atoms with Gasteiger partial charge in [-0.15, -0.1) is 0 Å². The number of carboxylic acids is 1. The minimum absolute atomic E-state index is 0.0210.